The van der Waals surface area contributed by atoms with Crippen LogP contribution in [0.5, 0.6) is 0 Å². The molecule has 0 aliphatic carbocycles. The van der Waals surface area contributed by atoms with Crippen LogP contribution in [-0.4, -0.2) is 25.2 Å². The monoisotopic (exact) mass is 396 g/mol. The van der Waals surface area contributed by atoms with Crippen molar-refractivity contribution < 1.29 is 19.1 Å². The van der Waals surface area contributed by atoms with Gasteiger partial charge >= 0.3 is 11.9 Å². The van der Waals surface area contributed by atoms with Crippen molar-refractivity contribution in [3.63, 3.8) is 0 Å². The summed E-state index contributed by atoms with van der Waals surface area (Å²) in [5.74, 6) is -0.651. The lowest BCUT2D eigenvalue weighted by Gasteiger charge is -2.15. The van der Waals surface area contributed by atoms with Gasteiger partial charge in [-0.2, -0.15) is 0 Å². The van der Waals surface area contributed by atoms with Gasteiger partial charge in [0.05, 0.1) is 13.2 Å². The lowest BCUT2D eigenvalue weighted by Crippen LogP contribution is -2.18. The standard InChI is InChI=1S/C24H44O4/c1-5-9-11-13-14-16-18-22(24(26)28-20-8-4)21(17-15-12-10-6-2)23(25)27-19-7-3/h5-20H2,1-4H3/b22-21-. The molecule has 0 N–H and O–H groups in total. The zero-order valence-electron chi connectivity index (χ0n) is 18.9. The molecule has 0 bridgehead atoms. The molecule has 0 aromatic rings. The van der Waals surface area contributed by atoms with Gasteiger partial charge < -0.3 is 9.47 Å². The molecular formula is C24H44O4. The van der Waals surface area contributed by atoms with Crippen molar-refractivity contribution in [1.29, 1.82) is 0 Å². The van der Waals surface area contributed by atoms with Crippen LogP contribution in [0.15, 0.2) is 11.1 Å². The number of rotatable bonds is 18. The summed E-state index contributed by atoms with van der Waals surface area (Å²) in [6, 6.07) is 0. The Hall–Kier alpha value is -1.32. The van der Waals surface area contributed by atoms with E-state index in [0.29, 0.717) is 37.2 Å². The Morgan fingerprint density at radius 3 is 1.25 bits per heavy atom. The molecule has 0 heterocycles. The molecule has 4 nitrogen and oxygen atoms in total. The molecule has 0 saturated heterocycles. The minimum Gasteiger partial charge on any atom is -0.462 e. The molecule has 28 heavy (non-hydrogen) atoms. The van der Waals surface area contributed by atoms with E-state index in [2.05, 4.69) is 13.8 Å². The summed E-state index contributed by atoms with van der Waals surface area (Å²) in [7, 11) is 0. The molecule has 0 aromatic heterocycles. The zero-order valence-corrected chi connectivity index (χ0v) is 18.9. The first-order valence-corrected chi connectivity index (χ1v) is 11.7. The second kappa shape index (κ2) is 19.0. The maximum Gasteiger partial charge on any atom is 0.334 e. The average Bonchev–Trinajstić information content (AvgIpc) is 2.70. The molecule has 0 aliphatic heterocycles. The van der Waals surface area contributed by atoms with Crippen LogP contribution in [0.4, 0.5) is 0 Å². The predicted molar refractivity (Wildman–Crippen MR) is 116 cm³/mol. The summed E-state index contributed by atoms with van der Waals surface area (Å²) in [4.78, 5) is 25.4. The van der Waals surface area contributed by atoms with E-state index >= 15 is 0 Å². The number of hydrogen-bond acceptors (Lipinski definition) is 4. The highest BCUT2D eigenvalue weighted by Crippen LogP contribution is 2.23. The third-order valence-corrected chi connectivity index (χ3v) is 4.79. The molecule has 164 valence electrons. The lowest BCUT2D eigenvalue weighted by molar-refractivity contribution is -0.142. The van der Waals surface area contributed by atoms with Crippen molar-refractivity contribution in [2.24, 2.45) is 0 Å². The normalized spacial score (nSPS) is 11.9. The highest BCUT2D eigenvalue weighted by molar-refractivity contribution is 6.00. The van der Waals surface area contributed by atoms with E-state index in [1.54, 1.807) is 0 Å². The smallest absolute Gasteiger partial charge is 0.334 e. The molecular weight excluding hydrogens is 352 g/mol. The number of hydrogen-bond donors (Lipinski definition) is 0. The molecule has 0 aromatic carbocycles. The summed E-state index contributed by atoms with van der Waals surface area (Å²) in [5, 5.41) is 0. The van der Waals surface area contributed by atoms with E-state index in [1.165, 1.54) is 25.7 Å². The number of esters is 2. The second-order valence-corrected chi connectivity index (χ2v) is 7.56. The molecule has 0 aliphatic rings. The van der Waals surface area contributed by atoms with Crippen molar-refractivity contribution in [1.82, 2.24) is 0 Å². The van der Waals surface area contributed by atoms with E-state index in [9.17, 15) is 9.59 Å². The maximum absolute atomic E-state index is 12.7. The predicted octanol–water partition coefficient (Wildman–Crippen LogP) is 6.91. The third kappa shape index (κ3) is 13.0. The molecule has 0 radical (unpaired) electrons. The van der Waals surface area contributed by atoms with Crippen LogP contribution >= 0.6 is 0 Å². The summed E-state index contributed by atoms with van der Waals surface area (Å²) >= 11 is 0. The Balaban J connectivity index is 5.22. The van der Waals surface area contributed by atoms with Gasteiger partial charge in [-0.05, 0) is 38.5 Å². The van der Waals surface area contributed by atoms with E-state index in [1.807, 2.05) is 13.8 Å². The van der Waals surface area contributed by atoms with Gasteiger partial charge in [-0.15, -0.1) is 0 Å². The zero-order chi connectivity index (χ0) is 21.0. The Morgan fingerprint density at radius 2 is 0.857 bits per heavy atom. The molecule has 0 saturated carbocycles. The van der Waals surface area contributed by atoms with Crippen molar-refractivity contribution in [2.75, 3.05) is 13.2 Å². The highest BCUT2D eigenvalue weighted by Gasteiger charge is 2.22. The van der Waals surface area contributed by atoms with Crippen LogP contribution in [0.2, 0.25) is 0 Å². The van der Waals surface area contributed by atoms with Crippen molar-refractivity contribution in [2.45, 2.75) is 118 Å². The van der Waals surface area contributed by atoms with Gasteiger partial charge in [-0.3, -0.25) is 0 Å². The molecule has 0 atom stereocenters. The Morgan fingerprint density at radius 1 is 0.500 bits per heavy atom. The van der Waals surface area contributed by atoms with Gasteiger partial charge in [0.15, 0.2) is 0 Å². The van der Waals surface area contributed by atoms with Crippen molar-refractivity contribution in [3.8, 4) is 0 Å². The number of carbonyl (C=O) groups is 2. The van der Waals surface area contributed by atoms with Gasteiger partial charge in [0.25, 0.3) is 0 Å². The topological polar surface area (TPSA) is 52.6 Å². The van der Waals surface area contributed by atoms with E-state index in [-0.39, 0.29) is 11.9 Å². The van der Waals surface area contributed by atoms with E-state index in [4.69, 9.17) is 9.47 Å². The minimum atomic E-state index is -0.326. The summed E-state index contributed by atoms with van der Waals surface area (Å²) in [6.45, 7) is 9.11. The van der Waals surface area contributed by atoms with Crippen LogP contribution in [-0.2, 0) is 19.1 Å². The first-order chi connectivity index (χ1) is 13.6. The maximum atomic E-state index is 12.7. The summed E-state index contributed by atoms with van der Waals surface area (Å²) < 4.78 is 10.8. The summed E-state index contributed by atoms with van der Waals surface area (Å²) in [6.07, 6.45) is 13.9. The van der Waals surface area contributed by atoms with Gasteiger partial charge in [0, 0.05) is 11.1 Å². The summed E-state index contributed by atoms with van der Waals surface area (Å²) in [5.41, 5.74) is 1.11. The van der Waals surface area contributed by atoms with Gasteiger partial charge in [0.1, 0.15) is 0 Å². The number of ether oxygens (including phenoxy) is 2. The first kappa shape index (κ1) is 26.7. The number of carbonyl (C=O) groups excluding carboxylic acids is 2. The molecule has 0 rings (SSSR count). The molecule has 0 amide bonds. The van der Waals surface area contributed by atoms with Crippen LogP contribution in [0, 0.1) is 0 Å². The van der Waals surface area contributed by atoms with Gasteiger partial charge in [-0.1, -0.05) is 79.1 Å². The van der Waals surface area contributed by atoms with Crippen LogP contribution in [0.25, 0.3) is 0 Å². The SMILES string of the molecule is CCCCCCCC/C(C(=O)OCCC)=C(\CCCCCC)C(=O)OCCC. The lowest BCUT2D eigenvalue weighted by atomic mass is 9.96. The quantitative estimate of drug-likeness (QED) is 0.143. The first-order valence-electron chi connectivity index (χ1n) is 11.7. The molecule has 0 spiro atoms. The minimum absolute atomic E-state index is 0.325. The van der Waals surface area contributed by atoms with Gasteiger partial charge in [-0.25, -0.2) is 9.59 Å². The van der Waals surface area contributed by atoms with Crippen molar-refractivity contribution >= 4 is 11.9 Å². The Kier molecular flexibility index (Phi) is 18.1. The Labute approximate surface area is 173 Å². The van der Waals surface area contributed by atoms with Crippen LogP contribution in [0.3, 0.4) is 0 Å². The van der Waals surface area contributed by atoms with E-state index < -0.39 is 0 Å². The highest BCUT2D eigenvalue weighted by atomic mass is 16.5. The third-order valence-electron chi connectivity index (χ3n) is 4.79. The molecule has 0 fully saturated rings. The fourth-order valence-electron chi connectivity index (χ4n) is 3.13. The van der Waals surface area contributed by atoms with Crippen molar-refractivity contribution in [3.05, 3.63) is 11.1 Å². The fraction of sp³-hybridized carbons (Fsp3) is 0.833. The Bertz CT molecular complexity index is 440. The van der Waals surface area contributed by atoms with E-state index in [0.717, 1.165) is 51.4 Å². The second-order valence-electron chi connectivity index (χ2n) is 7.56. The van der Waals surface area contributed by atoms with Crippen LogP contribution in [0.1, 0.15) is 118 Å². The average molecular weight is 397 g/mol. The fourth-order valence-corrected chi connectivity index (χ4v) is 3.13. The van der Waals surface area contributed by atoms with Gasteiger partial charge in [0.2, 0.25) is 0 Å². The largest absolute Gasteiger partial charge is 0.462 e. The molecule has 0 unspecified atom stereocenters. The van der Waals surface area contributed by atoms with Crippen LogP contribution < -0.4 is 0 Å². The number of unbranched alkanes of at least 4 members (excludes halogenated alkanes) is 8. The molecule has 4 heteroatoms.